The van der Waals surface area contributed by atoms with Crippen LogP contribution in [0.3, 0.4) is 0 Å². The lowest BCUT2D eigenvalue weighted by atomic mass is 9.86. The number of hydrogen-bond acceptors (Lipinski definition) is 6. The van der Waals surface area contributed by atoms with Crippen molar-refractivity contribution in [3.8, 4) is 0 Å². The summed E-state index contributed by atoms with van der Waals surface area (Å²) in [5, 5.41) is 9.14. The predicted molar refractivity (Wildman–Crippen MR) is 99.7 cm³/mol. The van der Waals surface area contributed by atoms with Crippen LogP contribution in [0, 0.1) is 19.8 Å². The van der Waals surface area contributed by atoms with E-state index in [1.54, 1.807) is 13.8 Å². The van der Waals surface area contributed by atoms with E-state index in [4.69, 9.17) is 9.52 Å². The van der Waals surface area contributed by atoms with Gasteiger partial charge in [-0.05, 0) is 32.7 Å². The highest BCUT2D eigenvalue weighted by atomic mass is 16.4. The first-order valence-corrected chi connectivity index (χ1v) is 9.73. The molecule has 2 aliphatic rings. The molecule has 0 aromatic carbocycles. The number of piperazine rings is 1. The molecule has 0 radical (unpaired) electrons. The number of amides is 1. The lowest BCUT2D eigenvalue weighted by Crippen LogP contribution is -2.57. The Kier molecular flexibility index (Phi) is 6.16. The summed E-state index contributed by atoms with van der Waals surface area (Å²) in [4.78, 5) is 34.8. The van der Waals surface area contributed by atoms with E-state index in [1.165, 1.54) is 0 Å². The van der Waals surface area contributed by atoms with Crippen molar-refractivity contribution in [1.29, 1.82) is 0 Å². The van der Waals surface area contributed by atoms with Crippen molar-refractivity contribution >= 4 is 11.9 Å². The molecule has 1 N–H and O–H groups in total. The Hall–Kier alpha value is -1.93. The topological polar surface area (TPSA) is 90.1 Å². The molecular weight excluding hydrogens is 348 g/mol. The second-order valence-electron chi connectivity index (χ2n) is 7.79. The van der Waals surface area contributed by atoms with Gasteiger partial charge in [0.25, 0.3) is 5.91 Å². The van der Waals surface area contributed by atoms with Crippen LogP contribution in [0.4, 0.5) is 0 Å². The van der Waals surface area contributed by atoms with Gasteiger partial charge in [0.05, 0.1) is 5.69 Å². The van der Waals surface area contributed by atoms with Gasteiger partial charge in [-0.15, -0.1) is 0 Å². The number of carboxylic acids is 1. The first-order chi connectivity index (χ1) is 12.8. The number of likely N-dealkylation sites (tertiary alicyclic amines) is 1. The molecule has 0 bridgehead atoms. The normalized spacial score (nSPS) is 24.9. The van der Waals surface area contributed by atoms with Gasteiger partial charge in [-0.3, -0.25) is 14.5 Å². The van der Waals surface area contributed by atoms with Crippen LogP contribution in [0.5, 0.6) is 0 Å². The number of aliphatic carboxylic acids is 1. The number of oxazole rings is 1. The molecule has 2 aliphatic heterocycles. The van der Waals surface area contributed by atoms with Gasteiger partial charge in [-0.1, -0.05) is 0 Å². The average Bonchev–Trinajstić information content (AvgIpc) is 2.98. The number of carboxylic acid groups (broad SMARTS) is 1. The van der Waals surface area contributed by atoms with Gasteiger partial charge < -0.3 is 19.3 Å². The standard InChI is InChI=1S/C19H30N4O4/c1-13-18(27-14(2)20-13)19(26)23-7-6-16(15(12-23)4-5-17(24)25)22-10-8-21(3)9-11-22/h15-16H,4-12H2,1-3H3,(H,24,25)/t15-,16+/m1/s1. The Balaban J connectivity index is 1.71. The van der Waals surface area contributed by atoms with Gasteiger partial charge in [0, 0.05) is 58.7 Å². The number of rotatable bonds is 5. The highest BCUT2D eigenvalue weighted by molar-refractivity contribution is 5.92. The molecule has 2 atom stereocenters. The highest BCUT2D eigenvalue weighted by Crippen LogP contribution is 2.28. The molecular formula is C19H30N4O4. The lowest BCUT2D eigenvalue weighted by Gasteiger charge is -2.46. The Morgan fingerprint density at radius 2 is 1.89 bits per heavy atom. The molecule has 1 aromatic heterocycles. The summed E-state index contributed by atoms with van der Waals surface area (Å²) in [6, 6.07) is 0.333. The molecule has 27 heavy (non-hydrogen) atoms. The zero-order chi connectivity index (χ0) is 19.6. The van der Waals surface area contributed by atoms with E-state index in [-0.39, 0.29) is 18.2 Å². The average molecular weight is 378 g/mol. The maximum atomic E-state index is 12.9. The van der Waals surface area contributed by atoms with Crippen molar-refractivity contribution in [3.63, 3.8) is 0 Å². The number of nitrogens with zero attached hydrogens (tertiary/aromatic N) is 4. The van der Waals surface area contributed by atoms with Crippen molar-refractivity contribution in [1.82, 2.24) is 19.7 Å². The maximum absolute atomic E-state index is 12.9. The number of likely N-dealkylation sites (N-methyl/N-ethyl adjacent to an activating group) is 1. The van der Waals surface area contributed by atoms with Gasteiger partial charge in [0.1, 0.15) is 0 Å². The Morgan fingerprint density at radius 1 is 1.19 bits per heavy atom. The summed E-state index contributed by atoms with van der Waals surface area (Å²) in [5.41, 5.74) is 0.612. The second kappa shape index (κ2) is 8.39. The first-order valence-electron chi connectivity index (χ1n) is 9.73. The largest absolute Gasteiger partial charge is 0.481 e. The van der Waals surface area contributed by atoms with Crippen molar-refractivity contribution < 1.29 is 19.1 Å². The van der Waals surface area contributed by atoms with Crippen LogP contribution in [-0.2, 0) is 4.79 Å². The van der Waals surface area contributed by atoms with E-state index >= 15 is 0 Å². The fraction of sp³-hybridized carbons (Fsp3) is 0.737. The molecule has 0 unspecified atom stereocenters. The van der Waals surface area contributed by atoms with Gasteiger partial charge in [0.2, 0.25) is 5.76 Å². The van der Waals surface area contributed by atoms with E-state index in [1.807, 2.05) is 4.90 Å². The molecule has 0 spiro atoms. The van der Waals surface area contributed by atoms with Crippen molar-refractivity contribution in [2.24, 2.45) is 5.92 Å². The monoisotopic (exact) mass is 378 g/mol. The van der Waals surface area contributed by atoms with Crippen LogP contribution in [-0.4, -0.2) is 89.0 Å². The van der Waals surface area contributed by atoms with Gasteiger partial charge >= 0.3 is 5.97 Å². The Labute approximate surface area is 160 Å². The number of aryl methyl sites for hydroxylation is 2. The molecule has 1 amide bonds. The zero-order valence-electron chi connectivity index (χ0n) is 16.5. The van der Waals surface area contributed by atoms with E-state index < -0.39 is 5.97 Å². The molecule has 2 fully saturated rings. The van der Waals surface area contributed by atoms with Crippen molar-refractivity contribution in [3.05, 3.63) is 17.3 Å². The third-order valence-electron chi connectivity index (χ3n) is 5.81. The summed E-state index contributed by atoms with van der Waals surface area (Å²) in [6.07, 6.45) is 1.59. The first kappa shape index (κ1) is 19.8. The van der Waals surface area contributed by atoms with Crippen molar-refractivity contribution in [2.45, 2.75) is 39.2 Å². The molecule has 2 saturated heterocycles. The SMILES string of the molecule is Cc1nc(C)c(C(=O)N2CC[C@H](N3CCN(C)CC3)[C@H](CCC(=O)O)C2)o1. The fourth-order valence-corrected chi connectivity index (χ4v) is 4.30. The fourth-order valence-electron chi connectivity index (χ4n) is 4.30. The quantitative estimate of drug-likeness (QED) is 0.824. The Morgan fingerprint density at radius 3 is 2.48 bits per heavy atom. The van der Waals surface area contributed by atoms with Crippen LogP contribution in [0.15, 0.2) is 4.42 Å². The van der Waals surface area contributed by atoms with Crippen molar-refractivity contribution in [2.75, 3.05) is 46.3 Å². The molecule has 8 nitrogen and oxygen atoms in total. The van der Waals surface area contributed by atoms with Gasteiger partial charge in [-0.2, -0.15) is 0 Å². The van der Waals surface area contributed by atoms with E-state index in [0.717, 1.165) is 32.6 Å². The molecule has 3 rings (SSSR count). The van der Waals surface area contributed by atoms with E-state index in [2.05, 4.69) is 21.8 Å². The lowest BCUT2D eigenvalue weighted by molar-refractivity contribution is -0.137. The van der Waals surface area contributed by atoms with Gasteiger partial charge in [-0.25, -0.2) is 4.98 Å². The predicted octanol–water partition coefficient (Wildman–Crippen LogP) is 1.23. The minimum Gasteiger partial charge on any atom is -0.481 e. The molecule has 0 saturated carbocycles. The molecule has 3 heterocycles. The number of carbonyl (C=O) groups is 2. The molecule has 1 aromatic rings. The van der Waals surface area contributed by atoms with Crippen LogP contribution in [0.25, 0.3) is 0 Å². The number of piperidine rings is 1. The van der Waals surface area contributed by atoms with Crippen LogP contribution < -0.4 is 0 Å². The summed E-state index contributed by atoms with van der Waals surface area (Å²) >= 11 is 0. The number of carbonyl (C=O) groups excluding carboxylic acids is 1. The second-order valence-corrected chi connectivity index (χ2v) is 7.79. The molecule has 8 heteroatoms. The summed E-state index contributed by atoms with van der Waals surface area (Å²) in [7, 11) is 2.13. The third-order valence-corrected chi connectivity index (χ3v) is 5.81. The zero-order valence-corrected chi connectivity index (χ0v) is 16.5. The van der Waals surface area contributed by atoms with E-state index in [9.17, 15) is 9.59 Å². The number of hydrogen-bond donors (Lipinski definition) is 1. The summed E-state index contributed by atoms with van der Waals surface area (Å²) in [6.45, 7) is 8.81. The molecule has 0 aliphatic carbocycles. The minimum atomic E-state index is -0.780. The smallest absolute Gasteiger partial charge is 0.303 e. The van der Waals surface area contributed by atoms with Crippen LogP contribution >= 0.6 is 0 Å². The summed E-state index contributed by atoms with van der Waals surface area (Å²) < 4.78 is 5.51. The van der Waals surface area contributed by atoms with Gasteiger partial charge in [0.15, 0.2) is 5.89 Å². The minimum absolute atomic E-state index is 0.134. The highest BCUT2D eigenvalue weighted by Gasteiger charge is 2.37. The van der Waals surface area contributed by atoms with Crippen LogP contribution in [0.1, 0.15) is 41.4 Å². The maximum Gasteiger partial charge on any atom is 0.303 e. The Bertz CT molecular complexity index is 681. The van der Waals surface area contributed by atoms with Crippen LogP contribution in [0.2, 0.25) is 0 Å². The number of aromatic nitrogens is 1. The summed E-state index contributed by atoms with van der Waals surface area (Å²) in [5.74, 6) is 0.0437. The van der Waals surface area contributed by atoms with E-state index in [0.29, 0.717) is 42.9 Å². The third kappa shape index (κ3) is 4.68. The molecule has 150 valence electrons.